The second-order valence-electron chi connectivity index (χ2n) is 7.57. The van der Waals surface area contributed by atoms with Gasteiger partial charge >= 0.3 is 6.09 Å². The molecule has 1 aromatic carbocycles. The van der Waals surface area contributed by atoms with E-state index in [0.717, 1.165) is 37.9 Å². The predicted octanol–water partition coefficient (Wildman–Crippen LogP) is 1.31. The van der Waals surface area contributed by atoms with E-state index in [1.165, 1.54) is 11.8 Å². The Hall–Kier alpha value is -2.13. The molecule has 0 aromatic heterocycles. The molecule has 0 aliphatic carbocycles. The quantitative estimate of drug-likeness (QED) is 0.783. The Bertz CT molecular complexity index is 834. The fourth-order valence-electron chi connectivity index (χ4n) is 4.24. The van der Waals surface area contributed by atoms with Crippen LogP contribution in [-0.4, -0.2) is 86.3 Å². The highest BCUT2D eigenvalue weighted by atomic mass is 32.2. The van der Waals surface area contributed by atoms with Gasteiger partial charge in [0.25, 0.3) is 0 Å². The topological polar surface area (TPSA) is 98.2 Å². The van der Waals surface area contributed by atoms with Gasteiger partial charge in [-0.1, -0.05) is 0 Å². The summed E-state index contributed by atoms with van der Waals surface area (Å²) in [6.07, 6.45) is 2.28. The van der Waals surface area contributed by atoms with E-state index in [4.69, 9.17) is 0 Å². The van der Waals surface area contributed by atoms with Gasteiger partial charge < -0.3 is 14.9 Å². The van der Waals surface area contributed by atoms with Crippen LogP contribution < -0.4 is 4.90 Å². The highest BCUT2D eigenvalue weighted by Gasteiger charge is 2.42. The van der Waals surface area contributed by atoms with Gasteiger partial charge in [0.1, 0.15) is 6.04 Å². The van der Waals surface area contributed by atoms with Crippen molar-refractivity contribution in [2.24, 2.45) is 0 Å². The lowest BCUT2D eigenvalue weighted by atomic mass is 9.96. The van der Waals surface area contributed by atoms with Crippen molar-refractivity contribution in [2.45, 2.75) is 36.7 Å². The number of carboxylic acid groups (broad SMARTS) is 1. The van der Waals surface area contributed by atoms with E-state index < -0.39 is 22.0 Å². The molecule has 8 nitrogen and oxygen atoms in total. The number of hydrogen-bond acceptors (Lipinski definition) is 6. The maximum absolute atomic E-state index is 12.4. The molecule has 0 spiro atoms. The molecular weight excluding hydrogens is 382 g/mol. The molecule has 2 fully saturated rings. The van der Waals surface area contributed by atoms with Crippen LogP contribution in [-0.2, 0) is 14.6 Å². The monoisotopic (exact) mass is 409 g/mol. The number of hydrogen-bond donors (Lipinski definition) is 1. The van der Waals surface area contributed by atoms with Gasteiger partial charge in [0, 0.05) is 31.6 Å². The first-order chi connectivity index (χ1) is 13.2. The van der Waals surface area contributed by atoms with E-state index in [0.29, 0.717) is 13.1 Å². The molecule has 0 radical (unpaired) electrons. The summed E-state index contributed by atoms with van der Waals surface area (Å²) < 4.78 is 23.5. The number of sulfone groups is 1. The number of carbonyl (C=O) groups is 2. The van der Waals surface area contributed by atoms with Gasteiger partial charge in [-0.3, -0.25) is 9.69 Å². The highest BCUT2D eigenvalue weighted by Crippen LogP contribution is 2.28. The number of anilines is 1. The fraction of sp³-hybridized carbons (Fsp3) is 0.579. The Kier molecular flexibility index (Phi) is 5.95. The fourth-order valence-corrected chi connectivity index (χ4v) is 4.87. The summed E-state index contributed by atoms with van der Waals surface area (Å²) in [6.45, 7) is 4.59. The Labute approximate surface area is 165 Å². The lowest BCUT2D eigenvalue weighted by Crippen LogP contribution is -2.66. The van der Waals surface area contributed by atoms with Crippen molar-refractivity contribution in [3.05, 3.63) is 24.3 Å². The summed E-state index contributed by atoms with van der Waals surface area (Å²) in [6, 6.07) is 5.53. The van der Waals surface area contributed by atoms with Crippen molar-refractivity contribution in [1.29, 1.82) is 0 Å². The van der Waals surface area contributed by atoms with Crippen LogP contribution in [0.2, 0.25) is 0 Å². The molecular formula is C19H27N3O5S. The summed E-state index contributed by atoms with van der Waals surface area (Å²) in [5.74, 6) is -0.177. The van der Waals surface area contributed by atoms with E-state index in [9.17, 15) is 23.1 Å². The maximum Gasteiger partial charge on any atom is 0.408 e. The maximum atomic E-state index is 12.4. The Morgan fingerprint density at radius 3 is 2.18 bits per heavy atom. The molecule has 2 aliphatic heterocycles. The largest absolute Gasteiger partial charge is 0.465 e. The molecule has 1 amide bonds. The number of Topliss-reactive ketones (excluding diaryl/α,β-unsaturated/α-hetero) is 1. The van der Waals surface area contributed by atoms with Crippen molar-refractivity contribution in [2.75, 3.05) is 43.9 Å². The number of nitrogens with zero attached hydrogens (tertiary/aromatic N) is 3. The molecule has 2 aliphatic rings. The first kappa shape index (κ1) is 20.6. The van der Waals surface area contributed by atoms with Gasteiger partial charge in [0.2, 0.25) is 0 Å². The number of likely N-dealkylation sites (tertiary alicyclic amines) is 1. The van der Waals surface area contributed by atoms with Gasteiger partial charge in [0.05, 0.1) is 10.9 Å². The summed E-state index contributed by atoms with van der Waals surface area (Å²) in [4.78, 5) is 30.0. The molecule has 0 saturated carbocycles. The van der Waals surface area contributed by atoms with Crippen LogP contribution in [0.5, 0.6) is 0 Å². The van der Waals surface area contributed by atoms with Gasteiger partial charge in [0.15, 0.2) is 15.6 Å². The van der Waals surface area contributed by atoms with E-state index in [-0.39, 0.29) is 23.3 Å². The summed E-state index contributed by atoms with van der Waals surface area (Å²) in [5.41, 5.74) is 0.799. The molecule has 9 heteroatoms. The smallest absolute Gasteiger partial charge is 0.408 e. The third kappa shape index (κ3) is 4.30. The predicted molar refractivity (Wildman–Crippen MR) is 106 cm³/mol. The minimum absolute atomic E-state index is 0.177. The van der Waals surface area contributed by atoms with Crippen LogP contribution >= 0.6 is 0 Å². The zero-order valence-electron chi connectivity index (χ0n) is 16.2. The summed E-state index contributed by atoms with van der Waals surface area (Å²) in [5, 5.41) is 9.59. The number of rotatable bonds is 5. The van der Waals surface area contributed by atoms with E-state index >= 15 is 0 Å². The van der Waals surface area contributed by atoms with Crippen LogP contribution in [0, 0.1) is 0 Å². The standard InChI is InChI=1S/C19H27N3O5S/c1-14(23)18-17(13-20-9-3-4-10-20)21(11-12-22(18)19(24)25)15-5-7-16(8-6-15)28(2,26)27/h5-8,17-18H,3-4,9-13H2,1-2H3,(H,24,25). The van der Waals surface area contributed by atoms with Crippen molar-refractivity contribution in [1.82, 2.24) is 9.80 Å². The first-order valence-corrected chi connectivity index (χ1v) is 11.4. The zero-order chi connectivity index (χ0) is 20.5. The van der Waals surface area contributed by atoms with Gasteiger partial charge in [-0.2, -0.15) is 0 Å². The normalized spacial score (nSPS) is 23.8. The van der Waals surface area contributed by atoms with Crippen LogP contribution in [0.1, 0.15) is 19.8 Å². The van der Waals surface area contributed by atoms with E-state index in [2.05, 4.69) is 9.80 Å². The van der Waals surface area contributed by atoms with Gasteiger partial charge in [-0.05, 0) is 57.1 Å². The SMILES string of the molecule is CC(=O)C1C(CN2CCCC2)N(c2ccc(S(C)(=O)=O)cc2)CCN1C(=O)O. The molecule has 28 heavy (non-hydrogen) atoms. The number of amides is 1. The highest BCUT2D eigenvalue weighted by molar-refractivity contribution is 7.90. The number of carbonyl (C=O) groups excluding carboxylic acids is 1. The Morgan fingerprint density at radius 1 is 1.07 bits per heavy atom. The summed E-state index contributed by atoms with van der Waals surface area (Å²) >= 11 is 0. The molecule has 2 saturated heterocycles. The average molecular weight is 410 g/mol. The van der Waals surface area contributed by atoms with Crippen molar-refractivity contribution in [3.8, 4) is 0 Å². The first-order valence-electron chi connectivity index (χ1n) is 9.47. The Balaban J connectivity index is 1.94. The number of piperazine rings is 1. The van der Waals surface area contributed by atoms with Gasteiger partial charge in [-0.15, -0.1) is 0 Å². The molecule has 2 heterocycles. The van der Waals surface area contributed by atoms with Crippen LogP contribution in [0.25, 0.3) is 0 Å². The molecule has 154 valence electrons. The second kappa shape index (κ2) is 8.08. The lowest BCUT2D eigenvalue weighted by molar-refractivity contribution is -0.123. The second-order valence-corrected chi connectivity index (χ2v) is 9.58. The van der Waals surface area contributed by atoms with Crippen molar-refractivity contribution >= 4 is 27.4 Å². The molecule has 1 aromatic rings. The van der Waals surface area contributed by atoms with Crippen LogP contribution in [0.4, 0.5) is 10.5 Å². The minimum atomic E-state index is -3.29. The van der Waals surface area contributed by atoms with Crippen molar-refractivity contribution in [3.63, 3.8) is 0 Å². The van der Waals surface area contributed by atoms with Gasteiger partial charge in [-0.25, -0.2) is 13.2 Å². The minimum Gasteiger partial charge on any atom is -0.465 e. The Morgan fingerprint density at radius 2 is 1.68 bits per heavy atom. The third-order valence-corrected chi connectivity index (χ3v) is 6.71. The average Bonchev–Trinajstić information content (AvgIpc) is 3.13. The molecule has 2 atom stereocenters. The van der Waals surface area contributed by atoms with Crippen molar-refractivity contribution < 1.29 is 23.1 Å². The molecule has 1 N–H and O–H groups in total. The molecule has 3 rings (SSSR count). The number of benzene rings is 1. The number of ketones is 1. The lowest BCUT2D eigenvalue weighted by Gasteiger charge is -2.47. The van der Waals surface area contributed by atoms with Crippen LogP contribution in [0.15, 0.2) is 29.2 Å². The molecule has 0 bridgehead atoms. The molecule has 2 unspecified atom stereocenters. The van der Waals surface area contributed by atoms with E-state index in [1.807, 2.05) is 0 Å². The van der Waals surface area contributed by atoms with Crippen LogP contribution in [0.3, 0.4) is 0 Å². The zero-order valence-corrected chi connectivity index (χ0v) is 17.1. The third-order valence-electron chi connectivity index (χ3n) is 5.59. The summed E-state index contributed by atoms with van der Waals surface area (Å²) in [7, 11) is -3.29. The van der Waals surface area contributed by atoms with E-state index in [1.54, 1.807) is 24.3 Å².